The van der Waals surface area contributed by atoms with Crippen LogP contribution in [0.4, 0.5) is 0 Å². The molecule has 7 nitrogen and oxygen atoms in total. The van der Waals surface area contributed by atoms with Crippen LogP contribution >= 0.6 is 0 Å². The monoisotopic (exact) mass is 337 g/mol. The summed E-state index contributed by atoms with van der Waals surface area (Å²) >= 11 is 0. The first-order valence-corrected chi connectivity index (χ1v) is 8.44. The van der Waals surface area contributed by atoms with Crippen LogP contribution in [0.15, 0.2) is 47.2 Å². The molecule has 1 aliphatic rings. The first kappa shape index (κ1) is 15.6. The zero-order chi connectivity index (χ0) is 17.3. The molecule has 0 unspecified atom stereocenters. The van der Waals surface area contributed by atoms with Crippen molar-refractivity contribution in [1.82, 2.24) is 20.2 Å². The van der Waals surface area contributed by atoms with Gasteiger partial charge in [0.05, 0.1) is 17.3 Å². The lowest BCUT2D eigenvalue weighted by molar-refractivity contribution is 0.0986. The molecule has 1 amide bonds. The van der Waals surface area contributed by atoms with Crippen LogP contribution < -0.4 is 5.73 Å². The molecule has 2 heterocycles. The van der Waals surface area contributed by atoms with Crippen molar-refractivity contribution in [3.63, 3.8) is 0 Å². The van der Waals surface area contributed by atoms with Crippen LogP contribution in [-0.2, 0) is 5.54 Å². The zero-order valence-corrected chi connectivity index (χ0v) is 13.8. The Labute approximate surface area is 144 Å². The van der Waals surface area contributed by atoms with Gasteiger partial charge in [-0.2, -0.15) is 0 Å². The summed E-state index contributed by atoms with van der Waals surface area (Å²) in [4.78, 5) is 12.1. The van der Waals surface area contributed by atoms with Crippen molar-refractivity contribution < 1.29 is 9.32 Å². The molecule has 0 spiro atoms. The van der Waals surface area contributed by atoms with Crippen molar-refractivity contribution in [2.24, 2.45) is 5.73 Å². The second-order valence-corrected chi connectivity index (χ2v) is 6.41. The fourth-order valence-electron chi connectivity index (χ4n) is 3.84. The highest BCUT2D eigenvalue weighted by Crippen LogP contribution is 2.45. The van der Waals surface area contributed by atoms with Gasteiger partial charge in [0.15, 0.2) is 11.5 Å². The highest BCUT2D eigenvalue weighted by atomic mass is 16.5. The van der Waals surface area contributed by atoms with Crippen LogP contribution in [0.5, 0.6) is 0 Å². The molecule has 4 rings (SSSR count). The number of nitrogens with two attached hydrogens (primary N) is 1. The normalized spacial score (nSPS) is 16.6. The molecular weight excluding hydrogens is 318 g/mol. The van der Waals surface area contributed by atoms with E-state index in [1.54, 1.807) is 6.20 Å². The van der Waals surface area contributed by atoms with E-state index >= 15 is 0 Å². The minimum Gasteiger partial charge on any atom is -0.364 e. The van der Waals surface area contributed by atoms with E-state index in [1.165, 1.54) is 0 Å². The highest BCUT2D eigenvalue weighted by Gasteiger charge is 2.44. The average Bonchev–Trinajstić information content (AvgIpc) is 3.33. The predicted octanol–water partition coefficient (Wildman–Crippen LogP) is 2.74. The molecule has 0 atom stereocenters. The third kappa shape index (κ3) is 2.52. The molecule has 0 radical (unpaired) electrons. The Morgan fingerprint density at radius 1 is 1.16 bits per heavy atom. The van der Waals surface area contributed by atoms with Gasteiger partial charge in [-0.15, -0.1) is 5.10 Å². The van der Waals surface area contributed by atoms with Crippen LogP contribution in [0.1, 0.15) is 48.2 Å². The summed E-state index contributed by atoms with van der Waals surface area (Å²) in [7, 11) is 0. The summed E-state index contributed by atoms with van der Waals surface area (Å²) in [6.07, 6.45) is 8.34. The Bertz CT molecular complexity index is 864. The topological polar surface area (TPSA) is 99.8 Å². The largest absolute Gasteiger partial charge is 0.364 e. The van der Waals surface area contributed by atoms with E-state index < -0.39 is 11.4 Å². The Morgan fingerprint density at radius 2 is 1.92 bits per heavy atom. The Morgan fingerprint density at radius 3 is 2.56 bits per heavy atom. The van der Waals surface area contributed by atoms with Gasteiger partial charge in [0.2, 0.25) is 0 Å². The maximum absolute atomic E-state index is 12.1. The summed E-state index contributed by atoms with van der Waals surface area (Å²) in [5.74, 6) is -0.0159. The number of benzene rings is 1. The van der Waals surface area contributed by atoms with Gasteiger partial charge in [0, 0.05) is 11.8 Å². The average molecular weight is 337 g/mol. The van der Waals surface area contributed by atoms with Gasteiger partial charge in [-0.05, 0) is 12.8 Å². The minimum atomic E-state index is -0.592. The summed E-state index contributed by atoms with van der Waals surface area (Å²) in [6, 6.07) is 9.66. The fourth-order valence-corrected chi connectivity index (χ4v) is 3.84. The first-order chi connectivity index (χ1) is 12.2. The van der Waals surface area contributed by atoms with Crippen molar-refractivity contribution in [1.29, 1.82) is 0 Å². The Hall–Kier alpha value is -2.96. The number of hydrogen-bond donors (Lipinski definition) is 1. The molecule has 25 heavy (non-hydrogen) atoms. The van der Waals surface area contributed by atoms with Crippen molar-refractivity contribution in [3.8, 4) is 11.3 Å². The number of amides is 1. The molecule has 2 aromatic heterocycles. The van der Waals surface area contributed by atoms with E-state index in [9.17, 15) is 4.79 Å². The van der Waals surface area contributed by atoms with Crippen LogP contribution in [0, 0.1) is 0 Å². The third-order valence-corrected chi connectivity index (χ3v) is 4.97. The van der Waals surface area contributed by atoms with Crippen molar-refractivity contribution in [2.75, 3.05) is 0 Å². The molecule has 7 heteroatoms. The minimum absolute atomic E-state index is 0.177. The molecule has 1 saturated carbocycles. The molecule has 2 N–H and O–H groups in total. The quantitative estimate of drug-likeness (QED) is 0.789. The molecule has 0 bridgehead atoms. The van der Waals surface area contributed by atoms with E-state index in [0.29, 0.717) is 5.76 Å². The number of carbonyl (C=O) groups excluding carboxylic acids is 1. The lowest BCUT2D eigenvalue weighted by Crippen LogP contribution is -2.39. The molecule has 0 aliphatic heterocycles. The predicted molar refractivity (Wildman–Crippen MR) is 90.6 cm³/mol. The van der Waals surface area contributed by atoms with Crippen LogP contribution in [-0.4, -0.2) is 26.1 Å². The number of primary amides is 1. The number of rotatable bonds is 4. The van der Waals surface area contributed by atoms with Crippen molar-refractivity contribution in [3.05, 3.63) is 54.0 Å². The second kappa shape index (κ2) is 6.16. The fraction of sp³-hybridized carbons (Fsp3) is 0.333. The SMILES string of the molecule is NC(=O)c1noc(-c2ccccc2)c1C1(n2ccnn2)CCCCC1. The van der Waals surface area contributed by atoms with Gasteiger partial charge < -0.3 is 10.3 Å². The second-order valence-electron chi connectivity index (χ2n) is 6.41. The van der Waals surface area contributed by atoms with E-state index in [2.05, 4.69) is 15.5 Å². The standard InChI is InChI=1S/C18H19N5O2/c19-17(24)15-14(16(25-21-15)13-7-3-1-4-8-13)18(9-5-2-6-10-18)23-12-11-20-22-23/h1,3-4,7-8,11-12H,2,5-6,9-10H2,(H2,19,24). The van der Waals surface area contributed by atoms with E-state index in [4.69, 9.17) is 10.3 Å². The summed E-state index contributed by atoms with van der Waals surface area (Å²) < 4.78 is 7.44. The molecule has 128 valence electrons. The maximum Gasteiger partial charge on any atom is 0.271 e. The van der Waals surface area contributed by atoms with E-state index in [1.807, 2.05) is 41.2 Å². The van der Waals surface area contributed by atoms with Gasteiger partial charge in [-0.3, -0.25) is 4.79 Å². The van der Waals surface area contributed by atoms with Gasteiger partial charge in [0.1, 0.15) is 0 Å². The van der Waals surface area contributed by atoms with Gasteiger partial charge >= 0.3 is 0 Å². The number of carbonyl (C=O) groups is 1. The van der Waals surface area contributed by atoms with E-state index in [0.717, 1.165) is 43.2 Å². The molecule has 0 saturated heterocycles. The van der Waals surface area contributed by atoms with E-state index in [-0.39, 0.29) is 5.69 Å². The molecule has 1 fully saturated rings. The maximum atomic E-state index is 12.1. The number of nitrogens with zero attached hydrogens (tertiary/aromatic N) is 4. The first-order valence-electron chi connectivity index (χ1n) is 8.44. The smallest absolute Gasteiger partial charge is 0.271 e. The highest BCUT2D eigenvalue weighted by molar-refractivity contribution is 5.94. The van der Waals surface area contributed by atoms with Crippen LogP contribution in [0.2, 0.25) is 0 Å². The van der Waals surface area contributed by atoms with Gasteiger partial charge in [0.25, 0.3) is 5.91 Å². The third-order valence-electron chi connectivity index (χ3n) is 4.97. The lowest BCUT2D eigenvalue weighted by Gasteiger charge is -2.37. The summed E-state index contributed by atoms with van der Waals surface area (Å²) in [5.41, 5.74) is 6.85. The lowest BCUT2D eigenvalue weighted by atomic mass is 9.75. The number of aromatic nitrogens is 4. The summed E-state index contributed by atoms with van der Waals surface area (Å²) in [6.45, 7) is 0. The molecule has 1 aliphatic carbocycles. The Kier molecular flexibility index (Phi) is 3.83. The molecular formula is C18H19N5O2. The van der Waals surface area contributed by atoms with Crippen LogP contribution in [0.3, 0.4) is 0 Å². The van der Waals surface area contributed by atoms with Crippen molar-refractivity contribution in [2.45, 2.75) is 37.6 Å². The van der Waals surface area contributed by atoms with Crippen LogP contribution in [0.25, 0.3) is 11.3 Å². The molecule has 3 aromatic rings. The zero-order valence-electron chi connectivity index (χ0n) is 13.8. The summed E-state index contributed by atoms with van der Waals surface area (Å²) in [5, 5.41) is 12.2. The van der Waals surface area contributed by atoms with Gasteiger partial charge in [-0.25, -0.2) is 4.68 Å². The molecule has 1 aromatic carbocycles. The number of hydrogen-bond acceptors (Lipinski definition) is 5. The van der Waals surface area contributed by atoms with Gasteiger partial charge in [-0.1, -0.05) is 60.0 Å². The Balaban J connectivity index is 1.98. The van der Waals surface area contributed by atoms with Crippen molar-refractivity contribution >= 4 is 5.91 Å².